The second kappa shape index (κ2) is 10.6. The molecule has 2 saturated heterocycles. The lowest BCUT2D eigenvalue weighted by Crippen LogP contribution is -2.58. The summed E-state index contributed by atoms with van der Waals surface area (Å²) in [5.74, 6) is 0.0579. The van der Waals surface area contributed by atoms with Gasteiger partial charge < -0.3 is 20.4 Å². The van der Waals surface area contributed by atoms with E-state index >= 15 is 0 Å². The Kier molecular flexibility index (Phi) is 7.51. The lowest BCUT2D eigenvalue weighted by atomic mass is 10.1. The Morgan fingerprint density at radius 1 is 0.971 bits per heavy atom. The molecule has 0 aliphatic carbocycles. The standard InChI is InChI=1S/C25H35N7O3/c1-25(2,26)22(33)30-15-17-31(18-16-30)23(34)27-21-10-14-32(24(35)28-21)20-7-5-19(6-8-20)9-13-29-11-3-4-12-29/h5-8,10,14H,3-4,9,11-13,15-18,26H2,1-2H3,(H,27,28,34,35). The first-order valence-electron chi connectivity index (χ1n) is 12.3. The summed E-state index contributed by atoms with van der Waals surface area (Å²) >= 11 is 0. The number of amides is 3. The third kappa shape index (κ3) is 6.26. The number of hydrogen-bond acceptors (Lipinski definition) is 6. The summed E-state index contributed by atoms with van der Waals surface area (Å²) in [5.41, 5.74) is 6.46. The molecule has 0 atom stereocenters. The SMILES string of the molecule is CC(C)(N)C(=O)N1CCN(C(=O)Nc2ccn(-c3ccc(CCN4CCCC4)cc3)c(=O)n2)CC1. The van der Waals surface area contributed by atoms with Crippen molar-refractivity contribution in [2.24, 2.45) is 5.73 Å². The zero-order valence-corrected chi connectivity index (χ0v) is 20.6. The highest BCUT2D eigenvalue weighted by Gasteiger charge is 2.31. The van der Waals surface area contributed by atoms with Gasteiger partial charge in [-0.25, -0.2) is 9.59 Å². The van der Waals surface area contributed by atoms with Gasteiger partial charge in [0.2, 0.25) is 5.91 Å². The monoisotopic (exact) mass is 481 g/mol. The van der Waals surface area contributed by atoms with Gasteiger partial charge in [0.15, 0.2) is 0 Å². The molecule has 0 spiro atoms. The first-order chi connectivity index (χ1) is 16.7. The Morgan fingerprint density at radius 2 is 1.60 bits per heavy atom. The summed E-state index contributed by atoms with van der Waals surface area (Å²) in [6, 6.07) is 9.19. The molecule has 2 fully saturated rings. The maximum atomic E-state index is 12.6. The fraction of sp³-hybridized carbons (Fsp3) is 0.520. The quantitative estimate of drug-likeness (QED) is 0.642. The zero-order valence-electron chi connectivity index (χ0n) is 20.6. The fourth-order valence-corrected chi connectivity index (χ4v) is 4.49. The number of anilines is 1. The third-order valence-electron chi connectivity index (χ3n) is 6.57. The number of urea groups is 1. The van der Waals surface area contributed by atoms with Gasteiger partial charge in [-0.1, -0.05) is 12.1 Å². The molecule has 3 N–H and O–H groups in total. The Bertz CT molecular complexity index is 1090. The second-order valence-corrected chi connectivity index (χ2v) is 9.86. The summed E-state index contributed by atoms with van der Waals surface area (Å²) in [5, 5.41) is 2.69. The van der Waals surface area contributed by atoms with Gasteiger partial charge in [-0.2, -0.15) is 4.98 Å². The molecule has 10 heteroatoms. The Balaban J connectivity index is 1.31. The van der Waals surface area contributed by atoms with Crippen LogP contribution in [0.5, 0.6) is 0 Å². The van der Waals surface area contributed by atoms with Crippen molar-refractivity contribution in [3.8, 4) is 5.69 Å². The average Bonchev–Trinajstić information content (AvgIpc) is 3.36. The largest absolute Gasteiger partial charge is 0.354 e. The molecule has 3 heterocycles. The number of hydrogen-bond donors (Lipinski definition) is 2. The van der Waals surface area contributed by atoms with Crippen LogP contribution in [-0.4, -0.2) is 87.5 Å². The number of likely N-dealkylation sites (tertiary alicyclic amines) is 1. The zero-order chi connectivity index (χ0) is 25.0. The molecule has 2 aromatic rings. The van der Waals surface area contributed by atoms with Gasteiger partial charge in [-0.15, -0.1) is 0 Å². The van der Waals surface area contributed by atoms with Crippen molar-refractivity contribution in [1.29, 1.82) is 0 Å². The number of nitrogens with two attached hydrogens (primary N) is 1. The van der Waals surface area contributed by atoms with Crippen LogP contribution in [0.2, 0.25) is 0 Å². The van der Waals surface area contributed by atoms with Gasteiger partial charge >= 0.3 is 11.7 Å². The van der Waals surface area contributed by atoms with Crippen LogP contribution in [0.25, 0.3) is 5.69 Å². The number of carbonyl (C=O) groups excluding carboxylic acids is 2. The number of rotatable bonds is 6. The average molecular weight is 482 g/mol. The van der Waals surface area contributed by atoms with Gasteiger partial charge in [0.25, 0.3) is 0 Å². The van der Waals surface area contributed by atoms with Crippen LogP contribution in [-0.2, 0) is 11.2 Å². The van der Waals surface area contributed by atoms with Crippen molar-refractivity contribution >= 4 is 17.8 Å². The van der Waals surface area contributed by atoms with Crippen LogP contribution in [0.3, 0.4) is 0 Å². The molecule has 2 aliphatic rings. The van der Waals surface area contributed by atoms with Gasteiger partial charge in [-0.05, 0) is 70.0 Å². The van der Waals surface area contributed by atoms with Crippen molar-refractivity contribution in [2.75, 3.05) is 51.1 Å². The van der Waals surface area contributed by atoms with E-state index in [-0.39, 0.29) is 17.8 Å². The summed E-state index contributed by atoms with van der Waals surface area (Å²) in [6.45, 7) is 8.37. The maximum Gasteiger partial charge on any atom is 0.354 e. The normalized spacial score (nSPS) is 17.0. The molecule has 0 saturated carbocycles. The Labute approximate surface area is 205 Å². The second-order valence-electron chi connectivity index (χ2n) is 9.86. The van der Waals surface area contributed by atoms with Gasteiger partial charge in [0.05, 0.1) is 11.2 Å². The Hall–Kier alpha value is -3.24. The molecule has 0 radical (unpaired) electrons. The van der Waals surface area contributed by atoms with E-state index in [4.69, 9.17) is 5.73 Å². The van der Waals surface area contributed by atoms with E-state index in [9.17, 15) is 14.4 Å². The molecule has 2 aliphatic heterocycles. The highest BCUT2D eigenvalue weighted by molar-refractivity contribution is 5.89. The van der Waals surface area contributed by atoms with E-state index in [2.05, 4.69) is 15.2 Å². The van der Waals surface area contributed by atoms with E-state index in [1.807, 2.05) is 24.3 Å². The molecule has 0 unspecified atom stereocenters. The molecule has 1 aromatic carbocycles. The molecule has 3 amide bonds. The van der Waals surface area contributed by atoms with Crippen LogP contribution in [0, 0.1) is 0 Å². The molecule has 10 nitrogen and oxygen atoms in total. The molecular weight excluding hydrogens is 446 g/mol. The predicted molar refractivity (Wildman–Crippen MR) is 135 cm³/mol. The molecule has 188 valence electrons. The number of piperazine rings is 1. The van der Waals surface area contributed by atoms with Gasteiger partial charge in [0.1, 0.15) is 5.82 Å². The van der Waals surface area contributed by atoms with Crippen molar-refractivity contribution in [1.82, 2.24) is 24.3 Å². The van der Waals surface area contributed by atoms with Gasteiger partial charge in [0, 0.05) is 38.9 Å². The molecular formula is C25H35N7O3. The minimum absolute atomic E-state index is 0.137. The summed E-state index contributed by atoms with van der Waals surface area (Å²) in [7, 11) is 0. The topological polar surface area (TPSA) is 117 Å². The van der Waals surface area contributed by atoms with Crippen molar-refractivity contribution in [2.45, 2.75) is 38.6 Å². The van der Waals surface area contributed by atoms with E-state index < -0.39 is 11.2 Å². The van der Waals surface area contributed by atoms with Crippen LogP contribution in [0.15, 0.2) is 41.3 Å². The minimum atomic E-state index is -0.938. The molecule has 4 rings (SSSR count). The highest BCUT2D eigenvalue weighted by Crippen LogP contribution is 2.13. The van der Waals surface area contributed by atoms with Gasteiger partial charge in [-0.3, -0.25) is 14.7 Å². The maximum absolute atomic E-state index is 12.6. The van der Waals surface area contributed by atoms with E-state index in [1.54, 1.807) is 35.9 Å². The van der Waals surface area contributed by atoms with E-state index in [1.165, 1.54) is 36.1 Å². The summed E-state index contributed by atoms with van der Waals surface area (Å²) < 4.78 is 1.46. The van der Waals surface area contributed by atoms with Crippen LogP contribution in [0.1, 0.15) is 32.3 Å². The first-order valence-corrected chi connectivity index (χ1v) is 12.3. The number of nitrogens with one attached hydrogen (secondary N) is 1. The molecule has 0 bridgehead atoms. The van der Waals surface area contributed by atoms with Crippen molar-refractivity contribution < 1.29 is 9.59 Å². The lowest BCUT2D eigenvalue weighted by molar-refractivity contribution is -0.137. The lowest BCUT2D eigenvalue weighted by Gasteiger charge is -2.37. The fourth-order valence-electron chi connectivity index (χ4n) is 4.49. The van der Waals surface area contributed by atoms with E-state index in [0.717, 1.165) is 18.7 Å². The molecule has 1 aromatic heterocycles. The smallest absolute Gasteiger partial charge is 0.338 e. The number of aromatic nitrogens is 2. The van der Waals surface area contributed by atoms with Crippen LogP contribution >= 0.6 is 0 Å². The highest BCUT2D eigenvalue weighted by atomic mass is 16.2. The number of nitrogens with zero attached hydrogens (tertiary/aromatic N) is 5. The predicted octanol–water partition coefficient (Wildman–Crippen LogP) is 1.28. The number of benzene rings is 1. The minimum Gasteiger partial charge on any atom is -0.338 e. The summed E-state index contributed by atoms with van der Waals surface area (Å²) in [6.07, 6.45) is 5.18. The van der Waals surface area contributed by atoms with Crippen molar-refractivity contribution in [3.63, 3.8) is 0 Å². The number of carbonyl (C=O) groups is 2. The van der Waals surface area contributed by atoms with E-state index in [0.29, 0.717) is 26.2 Å². The summed E-state index contributed by atoms with van der Waals surface area (Å²) in [4.78, 5) is 47.3. The molecule has 35 heavy (non-hydrogen) atoms. The van der Waals surface area contributed by atoms with Crippen LogP contribution in [0.4, 0.5) is 10.6 Å². The Morgan fingerprint density at radius 3 is 2.20 bits per heavy atom. The van der Waals surface area contributed by atoms with Crippen molar-refractivity contribution in [3.05, 3.63) is 52.6 Å². The first kappa shape index (κ1) is 24.9. The van der Waals surface area contributed by atoms with Crippen LogP contribution < -0.4 is 16.7 Å². The third-order valence-corrected chi connectivity index (χ3v) is 6.57.